The molecule has 35 heavy (non-hydrogen) atoms. The molecule has 2 aromatic carbocycles. The minimum atomic E-state index is -1.20. The zero-order valence-electron chi connectivity index (χ0n) is 19.4. The van der Waals surface area contributed by atoms with E-state index >= 15 is 0 Å². The van der Waals surface area contributed by atoms with Crippen LogP contribution in [0.5, 0.6) is 0 Å². The molecular weight excluding hydrogens is 468 g/mol. The third kappa shape index (κ3) is 5.79. The van der Waals surface area contributed by atoms with Crippen LogP contribution in [0.2, 0.25) is 0 Å². The van der Waals surface area contributed by atoms with Gasteiger partial charge >= 0.3 is 12.1 Å². The predicted molar refractivity (Wildman–Crippen MR) is 133 cm³/mol. The Hall–Kier alpha value is -3.04. The minimum absolute atomic E-state index is 0.0486. The van der Waals surface area contributed by atoms with Gasteiger partial charge in [-0.05, 0) is 46.6 Å². The van der Waals surface area contributed by atoms with Gasteiger partial charge in [0.05, 0.1) is 5.54 Å². The molecule has 2 amide bonds. The number of carboxylic acid groups (broad SMARTS) is 1. The van der Waals surface area contributed by atoms with E-state index in [9.17, 15) is 19.5 Å². The summed E-state index contributed by atoms with van der Waals surface area (Å²) in [6.45, 7) is -0.175. The fourth-order valence-corrected chi connectivity index (χ4v) is 6.17. The summed E-state index contributed by atoms with van der Waals surface area (Å²) in [5, 5.41) is 23.7. The molecule has 1 fully saturated rings. The van der Waals surface area contributed by atoms with Crippen LogP contribution < -0.4 is 10.6 Å². The molecular formula is C26H30N2O6S. The smallest absolute Gasteiger partial charge is 0.407 e. The van der Waals surface area contributed by atoms with Gasteiger partial charge in [0, 0.05) is 25.4 Å². The lowest BCUT2D eigenvalue weighted by Crippen LogP contribution is -2.54. The number of alkyl carbamates (subject to hydrolysis) is 1. The first-order valence-corrected chi connectivity index (χ1v) is 12.9. The molecule has 1 aliphatic heterocycles. The van der Waals surface area contributed by atoms with Crippen molar-refractivity contribution in [3.05, 3.63) is 59.7 Å². The number of hydrogen-bond acceptors (Lipinski definition) is 6. The average Bonchev–Trinajstić information content (AvgIpc) is 3.16. The van der Waals surface area contributed by atoms with Crippen LogP contribution in [-0.2, 0) is 14.3 Å². The molecule has 9 heteroatoms. The number of hydrogen-bond donors (Lipinski definition) is 4. The Balaban J connectivity index is 1.41. The first kappa shape index (κ1) is 25.1. The summed E-state index contributed by atoms with van der Waals surface area (Å²) in [6, 6.07) is 15.0. The fraction of sp³-hybridized carbons (Fsp3) is 0.423. The Bertz CT molecular complexity index is 1040. The molecule has 1 atom stereocenters. The molecule has 0 radical (unpaired) electrons. The van der Waals surface area contributed by atoms with Gasteiger partial charge in [-0.3, -0.25) is 4.79 Å². The SMILES string of the molecule is O=C(CC1(NC(=O)OCC2c3ccccc3-c3ccccc32)CCSCC1)N[C@H](CCO)C(=O)O. The summed E-state index contributed by atoms with van der Waals surface area (Å²) >= 11 is 1.75. The highest BCUT2D eigenvalue weighted by Gasteiger charge is 2.38. The van der Waals surface area contributed by atoms with Crippen molar-refractivity contribution in [3.8, 4) is 11.1 Å². The van der Waals surface area contributed by atoms with Crippen molar-refractivity contribution < 1.29 is 29.3 Å². The Morgan fingerprint density at radius 3 is 2.20 bits per heavy atom. The molecule has 4 rings (SSSR count). The van der Waals surface area contributed by atoms with Crippen LogP contribution in [0, 0.1) is 0 Å². The molecule has 0 aromatic heterocycles. The van der Waals surface area contributed by atoms with Crippen molar-refractivity contribution >= 4 is 29.7 Å². The van der Waals surface area contributed by atoms with Crippen LogP contribution in [0.3, 0.4) is 0 Å². The summed E-state index contributed by atoms with van der Waals surface area (Å²) in [7, 11) is 0. The highest BCUT2D eigenvalue weighted by atomic mass is 32.2. The van der Waals surface area contributed by atoms with Crippen molar-refractivity contribution in [2.75, 3.05) is 24.7 Å². The van der Waals surface area contributed by atoms with Gasteiger partial charge in [-0.2, -0.15) is 11.8 Å². The van der Waals surface area contributed by atoms with Gasteiger partial charge in [-0.15, -0.1) is 0 Å². The second-order valence-electron chi connectivity index (χ2n) is 8.99. The van der Waals surface area contributed by atoms with Gasteiger partial charge in [0.15, 0.2) is 0 Å². The molecule has 186 valence electrons. The molecule has 4 N–H and O–H groups in total. The number of aliphatic hydroxyl groups is 1. The highest BCUT2D eigenvalue weighted by Crippen LogP contribution is 2.44. The third-order valence-corrected chi connectivity index (χ3v) is 7.70. The van der Waals surface area contributed by atoms with Crippen molar-refractivity contribution in [1.82, 2.24) is 10.6 Å². The van der Waals surface area contributed by atoms with E-state index in [1.165, 1.54) is 0 Å². The Morgan fingerprint density at radius 2 is 1.63 bits per heavy atom. The number of carbonyl (C=O) groups is 3. The number of thioether (sulfide) groups is 1. The van der Waals surface area contributed by atoms with E-state index in [0.29, 0.717) is 12.8 Å². The number of rotatable bonds is 9. The maximum atomic E-state index is 12.9. The Kier molecular flexibility index (Phi) is 7.97. The van der Waals surface area contributed by atoms with E-state index in [0.717, 1.165) is 33.8 Å². The monoisotopic (exact) mass is 498 g/mol. The Morgan fingerprint density at radius 1 is 1.03 bits per heavy atom. The van der Waals surface area contributed by atoms with E-state index in [-0.39, 0.29) is 32.0 Å². The first-order valence-electron chi connectivity index (χ1n) is 11.8. The summed E-state index contributed by atoms with van der Waals surface area (Å²) in [6.07, 6.45) is 0.438. The zero-order valence-corrected chi connectivity index (χ0v) is 20.2. The van der Waals surface area contributed by atoms with E-state index in [4.69, 9.17) is 9.84 Å². The maximum absolute atomic E-state index is 12.9. The van der Waals surface area contributed by atoms with Crippen LogP contribution in [0.4, 0.5) is 4.79 Å². The number of nitrogens with one attached hydrogen (secondary N) is 2. The van der Waals surface area contributed by atoms with Crippen molar-refractivity contribution in [2.24, 2.45) is 0 Å². The van der Waals surface area contributed by atoms with Gasteiger partial charge in [0.2, 0.25) is 5.91 Å². The van der Waals surface area contributed by atoms with Crippen LogP contribution in [-0.4, -0.2) is 64.5 Å². The standard InChI is InChI=1S/C26H30N2O6S/c29-12-9-22(24(31)32)27-23(30)15-26(10-13-35-14-11-26)28-25(33)34-16-21-19-7-3-1-5-17(19)18-6-2-4-8-20(18)21/h1-8,21-22,29H,9-16H2,(H,27,30)(H,28,33)(H,31,32)/t22-/m1/s1. The van der Waals surface area contributed by atoms with E-state index in [2.05, 4.69) is 34.9 Å². The lowest BCUT2D eigenvalue weighted by molar-refractivity contribution is -0.142. The zero-order chi connectivity index (χ0) is 24.8. The second kappa shape index (κ2) is 11.1. The number of ether oxygens (including phenoxy) is 1. The fourth-order valence-electron chi connectivity index (χ4n) is 4.90. The molecule has 8 nitrogen and oxygen atoms in total. The third-order valence-electron chi connectivity index (χ3n) is 6.71. The van der Waals surface area contributed by atoms with Gasteiger partial charge in [0.25, 0.3) is 0 Å². The number of benzene rings is 2. The minimum Gasteiger partial charge on any atom is -0.480 e. The van der Waals surface area contributed by atoms with Crippen LogP contribution in [0.25, 0.3) is 11.1 Å². The van der Waals surface area contributed by atoms with Gasteiger partial charge < -0.3 is 25.6 Å². The predicted octanol–water partition coefficient (Wildman–Crippen LogP) is 3.13. The number of fused-ring (bicyclic) bond motifs is 3. The number of carboxylic acids is 1. The quantitative estimate of drug-likeness (QED) is 0.419. The lowest BCUT2D eigenvalue weighted by Gasteiger charge is -2.37. The van der Waals surface area contributed by atoms with Crippen LogP contribution in [0.1, 0.15) is 42.7 Å². The summed E-state index contributed by atoms with van der Waals surface area (Å²) in [4.78, 5) is 36.9. The number of carbonyl (C=O) groups excluding carboxylic acids is 2. The normalized spacial score (nSPS) is 17.1. The lowest BCUT2D eigenvalue weighted by atomic mass is 9.88. The van der Waals surface area contributed by atoms with Gasteiger partial charge in [0.1, 0.15) is 12.6 Å². The van der Waals surface area contributed by atoms with Crippen molar-refractivity contribution in [1.29, 1.82) is 0 Å². The number of amides is 2. The van der Waals surface area contributed by atoms with Gasteiger partial charge in [-0.25, -0.2) is 9.59 Å². The van der Waals surface area contributed by atoms with Crippen LogP contribution >= 0.6 is 11.8 Å². The second-order valence-corrected chi connectivity index (χ2v) is 10.2. The molecule has 0 bridgehead atoms. The molecule has 2 aromatic rings. The molecule has 1 heterocycles. The first-order chi connectivity index (χ1) is 16.9. The summed E-state index contributed by atoms with van der Waals surface area (Å²) < 4.78 is 5.69. The topological polar surface area (TPSA) is 125 Å². The Labute approximate surface area is 208 Å². The average molecular weight is 499 g/mol. The molecule has 0 saturated carbocycles. The van der Waals surface area contributed by atoms with E-state index in [1.54, 1.807) is 11.8 Å². The largest absolute Gasteiger partial charge is 0.480 e. The van der Waals surface area contributed by atoms with Crippen molar-refractivity contribution in [3.63, 3.8) is 0 Å². The molecule has 2 aliphatic rings. The molecule has 1 saturated heterocycles. The maximum Gasteiger partial charge on any atom is 0.407 e. The summed E-state index contributed by atoms with van der Waals surface area (Å²) in [5.41, 5.74) is 3.72. The highest BCUT2D eigenvalue weighted by molar-refractivity contribution is 7.99. The molecule has 0 unspecified atom stereocenters. The van der Waals surface area contributed by atoms with E-state index in [1.807, 2.05) is 24.3 Å². The number of aliphatic hydroxyl groups excluding tert-OH is 1. The molecule has 0 spiro atoms. The molecule has 1 aliphatic carbocycles. The van der Waals surface area contributed by atoms with Gasteiger partial charge in [-0.1, -0.05) is 48.5 Å². The number of aliphatic carboxylic acids is 1. The summed E-state index contributed by atoms with van der Waals surface area (Å²) in [5.74, 6) is -0.197. The van der Waals surface area contributed by atoms with E-state index < -0.39 is 29.6 Å². The van der Waals surface area contributed by atoms with Crippen molar-refractivity contribution in [2.45, 2.75) is 43.2 Å². The van der Waals surface area contributed by atoms with Crippen LogP contribution in [0.15, 0.2) is 48.5 Å².